The predicted molar refractivity (Wildman–Crippen MR) is 36.3 cm³/mol. The molecule has 1 rings (SSSR count). The molecular formula is C6H8N3O. The van der Waals surface area contributed by atoms with E-state index in [4.69, 9.17) is 0 Å². The molecule has 1 aromatic rings. The van der Waals surface area contributed by atoms with Crippen molar-refractivity contribution in [3.63, 3.8) is 0 Å². The normalized spacial score (nSPS) is 9.40. The maximum absolute atomic E-state index is 10.4. The standard InChI is InChI=1S/C6H8N3O/c1-5(10)8-6-3-9(2)4-7-6/h3H,1-2H3,(H,8,10). The number of aryl methyl sites for hydroxylation is 1. The Morgan fingerprint density at radius 1 is 1.90 bits per heavy atom. The molecule has 0 aliphatic carbocycles. The van der Waals surface area contributed by atoms with Crippen LogP contribution >= 0.6 is 0 Å². The Kier molecular flexibility index (Phi) is 1.71. The largest absolute Gasteiger partial charge is 0.329 e. The number of carbonyl (C=O) groups excluding carboxylic acids is 1. The van der Waals surface area contributed by atoms with Crippen molar-refractivity contribution in [1.82, 2.24) is 9.55 Å². The molecule has 1 N–H and O–H groups in total. The summed E-state index contributed by atoms with van der Waals surface area (Å²) in [6.45, 7) is 1.44. The van der Waals surface area contributed by atoms with E-state index >= 15 is 0 Å². The molecule has 4 nitrogen and oxygen atoms in total. The van der Waals surface area contributed by atoms with Crippen LogP contribution in [0.4, 0.5) is 5.82 Å². The lowest BCUT2D eigenvalue weighted by atomic mass is 10.6. The first-order valence-corrected chi connectivity index (χ1v) is 2.87. The third kappa shape index (κ3) is 1.58. The zero-order valence-electron chi connectivity index (χ0n) is 5.88. The molecule has 1 amide bonds. The molecule has 0 spiro atoms. The van der Waals surface area contributed by atoms with E-state index in [-0.39, 0.29) is 5.91 Å². The van der Waals surface area contributed by atoms with Crippen LogP contribution in [0.1, 0.15) is 6.92 Å². The van der Waals surface area contributed by atoms with Gasteiger partial charge in [0.15, 0.2) is 12.1 Å². The number of nitrogens with one attached hydrogen (secondary N) is 1. The van der Waals surface area contributed by atoms with Gasteiger partial charge in [-0.2, -0.15) is 0 Å². The summed E-state index contributed by atoms with van der Waals surface area (Å²) in [7, 11) is 1.79. The second kappa shape index (κ2) is 2.51. The fourth-order valence-corrected chi connectivity index (χ4v) is 0.614. The Bertz CT molecular complexity index is 241. The summed E-state index contributed by atoms with van der Waals surface area (Å²) in [5.41, 5.74) is 0. The van der Waals surface area contributed by atoms with Gasteiger partial charge >= 0.3 is 0 Å². The molecule has 0 saturated heterocycles. The first kappa shape index (κ1) is 6.80. The number of anilines is 1. The number of amides is 1. The van der Waals surface area contributed by atoms with E-state index in [2.05, 4.69) is 16.6 Å². The van der Waals surface area contributed by atoms with E-state index < -0.39 is 0 Å². The predicted octanol–water partition coefficient (Wildman–Crippen LogP) is 0.179. The SMILES string of the molecule is CC(=O)Nc1cn(C)[c]n1. The van der Waals surface area contributed by atoms with Gasteiger partial charge in [-0.25, -0.2) is 4.98 Å². The van der Waals surface area contributed by atoms with Crippen LogP contribution in [0.2, 0.25) is 0 Å². The summed E-state index contributed by atoms with van der Waals surface area (Å²) in [5, 5.41) is 2.52. The van der Waals surface area contributed by atoms with Gasteiger partial charge < -0.3 is 9.88 Å². The molecule has 4 heteroatoms. The first-order chi connectivity index (χ1) is 4.68. The molecule has 1 heterocycles. The minimum atomic E-state index is -0.118. The van der Waals surface area contributed by atoms with Gasteiger partial charge in [-0.1, -0.05) is 0 Å². The van der Waals surface area contributed by atoms with Gasteiger partial charge in [-0.3, -0.25) is 4.79 Å². The summed E-state index contributed by atoms with van der Waals surface area (Å²) >= 11 is 0. The minimum absolute atomic E-state index is 0.118. The van der Waals surface area contributed by atoms with Crippen molar-refractivity contribution in [1.29, 1.82) is 0 Å². The molecule has 0 aliphatic heterocycles. The Labute approximate surface area is 58.9 Å². The second-order valence-corrected chi connectivity index (χ2v) is 2.02. The molecule has 10 heavy (non-hydrogen) atoms. The number of hydrogen-bond acceptors (Lipinski definition) is 2. The lowest BCUT2D eigenvalue weighted by molar-refractivity contribution is -0.114. The maximum Gasteiger partial charge on any atom is 0.222 e. The van der Waals surface area contributed by atoms with E-state index in [0.717, 1.165) is 0 Å². The van der Waals surface area contributed by atoms with E-state index in [0.29, 0.717) is 5.82 Å². The van der Waals surface area contributed by atoms with Crippen LogP contribution in [-0.4, -0.2) is 15.5 Å². The number of aromatic nitrogens is 2. The third-order valence-electron chi connectivity index (χ3n) is 0.948. The number of carbonyl (C=O) groups is 1. The Morgan fingerprint density at radius 2 is 2.60 bits per heavy atom. The fourth-order valence-electron chi connectivity index (χ4n) is 0.614. The van der Waals surface area contributed by atoms with Crippen LogP contribution in [0, 0.1) is 6.33 Å². The summed E-state index contributed by atoms with van der Waals surface area (Å²) in [4.78, 5) is 14.2. The molecule has 0 unspecified atom stereocenters. The van der Waals surface area contributed by atoms with E-state index in [9.17, 15) is 4.79 Å². The third-order valence-corrected chi connectivity index (χ3v) is 0.948. The van der Waals surface area contributed by atoms with Crippen LogP contribution in [0.25, 0.3) is 0 Å². The second-order valence-electron chi connectivity index (χ2n) is 2.02. The zero-order valence-corrected chi connectivity index (χ0v) is 5.88. The molecule has 1 radical (unpaired) electrons. The van der Waals surface area contributed by atoms with Crippen molar-refractivity contribution in [3.8, 4) is 0 Å². The van der Waals surface area contributed by atoms with Gasteiger partial charge in [0, 0.05) is 20.2 Å². The van der Waals surface area contributed by atoms with Crippen molar-refractivity contribution >= 4 is 11.7 Å². The number of hydrogen-bond donors (Lipinski definition) is 1. The molecule has 0 atom stereocenters. The highest BCUT2D eigenvalue weighted by molar-refractivity contribution is 5.87. The highest BCUT2D eigenvalue weighted by atomic mass is 16.1. The van der Waals surface area contributed by atoms with Crippen molar-refractivity contribution in [3.05, 3.63) is 12.5 Å². The molecule has 0 fully saturated rings. The molecule has 0 saturated carbocycles. The minimum Gasteiger partial charge on any atom is -0.329 e. The topological polar surface area (TPSA) is 46.9 Å². The molecule has 53 valence electrons. The van der Waals surface area contributed by atoms with Gasteiger partial charge in [0.25, 0.3) is 0 Å². The van der Waals surface area contributed by atoms with Crippen molar-refractivity contribution in [2.75, 3.05) is 5.32 Å². The van der Waals surface area contributed by atoms with E-state index in [1.165, 1.54) is 6.92 Å². The van der Waals surface area contributed by atoms with Gasteiger partial charge in [-0.05, 0) is 0 Å². The Morgan fingerprint density at radius 3 is 3.00 bits per heavy atom. The van der Waals surface area contributed by atoms with Crippen LogP contribution in [0.5, 0.6) is 0 Å². The summed E-state index contributed by atoms with van der Waals surface area (Å²) < 4.78 is 1.64. The molecule has 1 aromatic heterocycles. The average molecular weight is 138 g/mol. The van der Waals surface area contributed by atoms with Crippen LogP contribution < -0.4 is 5.32 Å². The summed E-state index contributed by atoms with van der Waals surface area (Å²) in [6, 6.07) is 0. The van der Waals surface area contributed by atoms with Crippen molar-refractivity contribution in [2.45, 2.75) is 6.92 Å². The zero-order chi connectivity index (χ0) is 7.56. The highest BCUT2D eigenvalue weighted by Gasteiger charge is 1.96. The lowest BCUT2D eigenvalue weighted by Gasteiger charge is -1.92. The fraction of sp³-hybridized carbons (Fsp3) is 0.333. The molecule has 0 aromatic carbocycles. The number of nitrogens with zero attached hydrogens (tertiary/aromatic N) is 2. The quantitative estimate of drug-likeness (QED) is 0.601. The van der Waals surface area contributed by atoms with Crippen molar-refractivity contribution < 1.29 is 4.79 Å². The molecule has 0 bridgehead atoms. The van der Waals surface area contributed by atoms with Crippen LogP contribution in [-0.2, 0) is 11.8 Å². The lowest BCUT2D eigenvalue weighted by Crippen LogP contribution is -2.05. The maximum atomic E-state index is 10.4. The monoisotopic (exact) mass is 138 g/mol. The number of rotatable bonds is 1. The van der Waals surface area contributed by atoms with E-state index in [1.54, 1.807) is 17.8 Å². The van der Waals surface area contributed by atoms with E-state index in [1.807, 2.05) is 0 Å². The van der Waals surface area contributed by atoms with Gasteiger partial charge in [0.2, 0.25) is 5.91 Å². The molecular weight excluding hydrogens is 130 g/mol. The smallest absolute Gasteiger partial charge is 0.222 e. The van der Waals surface area contributed by atoms with Gasteiger partial charge in [0.05, 0.1) is 0 Å². The molecule has 0 aliphatic rings. The van der Waals surface area contributed by atoms with Crippen LogP contribution in [0.3, 0.4) is 0 Å². The number of imidazole rings is 1. The van der Waals surface area contributed by atoms with Gasteiger partial charge in [-0.15, -0.1) is 0 Å². The summed E-state index contributed by atoms with van der Waals surface area (Å²) in [6.07, 6.45) is 4.31. The summed E-state index contributed by atoms with van der Waals surface area (Å²) in [5.74, 6) is 0.419. The van der Waals surface area contributed by atoms with Gasteiger partial charge in [0.1, 0.15) is 0 Å². The Hall–Kier alpha value is -1.32. The Balaban J connectivity index is 2.67. The van der Waals surface area contributed by atoms with Crippen molar-refractivity contribution in [2.24, 2.45) is 7.05 Å². The average Bonchev–Trinajstić information content (AvgIpc) is 2.13. The highest BCUT2D eigenvalue weighted by Crippen LogP contribution is 1.98. The first-order valence-electron chi connectivity index (χ1n) is 2.87. The van der Waals surface area contributed by atoms with Crippen LogP contribution in [0.15, 0.2) is 6.20 Å².